The molecule has 5 nitrogen and oxygen atoms in total. The van der Waals surface area contributed by atoms with Crippen molar-refractivity contribution in [2.75, 3.05) is 19.7 Å². The Hall–Kier alpha value is -1.34. The fourth-order valence-corrected chi connectivity index (χ4v) is 4.42. The van der Waals surface area contributed by atoms with E-state index in [1.54, 1.807) is 11.3 Å². The van der Waals surface area contributed by atoms with Crippen LogP contribution in [0, 0.1) is 6.92 Å². The third-order valence-corrected chi connectivity index (χ3v) is 5.84. The Bertz CT molecular complexity index is 670. The van der Waals surface area contributed by atoms with Gasteiger partial charge in [0.2, 0.25) is 0 Å². The van der Waals surface area contributed by atoms with Crippen LogP contribution in [0.5, 0.6) is 0 Å². The number of hydrogen-bond donors (Lipinski definition) is 0. The summed E-state index contributed by atoms with van der Waals surface area (Å²) in [6.45, 7) is 6.53. The third-order valence-electron chi connectivity index (χ3n) is 4.92. The van der Waals surface area contributed by atoms with E-state index in [0.29, 0.717) is 12.7 Å². The van der Waals surface area contributed by atoms with E-state index in [2.05, 4.69) is 21.8 Å². The van der Waals surface area contributed by atoms with Crippen molar-refractivity contribution < 1.29 is 9.47 Å². The number of ether oxygens (including phenoxy) is 2. The van der Waals surface area contributed by atoms with Gasteiger partial charge in [-0.2, -0.15) is 0 Å². The molecule has 2 saturated heterocycles. The average molecular weight is 345 g/mol. The summed E-state index contributed by atoms with van der Waals surface area (Å²) in [6, 6.07) is 4.02. The first-order chi connectivity index (χ1) is 11.7. The lowest BCUT2D eigenvalue weighted by molar-refractivity contribution is -0.200. The van der Waals surface area contributed by atoms with Gasteiger partial charge in [0, 0.05) is 49.9 Å². The monoisotopic (exact) mass is 345 g/mol. The van der Waals surface area contributed by atoms with Gasteiger partial charge in [-0.3, -0.25) is 9.88 Å². The predicted molar refractivity (Wildman–Crippen MR) is 92.9 cm³/mol. The van der Waals surface area contributed by atoms with Gasteiger partial charge in [0.1, 0.15) is 0 Å². The zero-order chi connectivity index (χ0) is 16.4. The van der Waals surface area contributed by atoms with Crippen LogP contribution in [0.4, 0.5) is 0 Å². The Morgan fingerprint density at radius 3 is 2.96 bits per heavy atom. The minimum Gasteiger partial charge on any atom is -0.373 e. The van der Waals surface area contributed by atoms with Crippen molar-refractivity contribution >= 4 is 11.3 Å². The standard InChI is InChI=1S/C18H23N3O2S/c1-14-17(24-13-20-14)9-21-11-18(12-21)8-16(4-7-23-18)22-10-15-2-5-19-6-3-15/h2-3,5-6,13,16H,4,7-12H2,1H3/t16-/m1/s1. The van der Waals surface area contributed by atoms with Gasteiger partial charge in [0.05, 0.1) is 29.5 Å². The van der Waals surface area contributed by atoms with Gasteiger partial charge >= 0.3 is 0 Å². The van der Waals surface area contributed by atoms with Crippen molar-refractivity contribution in [2.45, 2.75) is 44.6 Å². The molecule has 0 aromatic carbocycles. The summed E-state index contributed by atoms with van der Waals surface area (Å²) in [6.07, 6.45) is 5.90. The van der Waals surface area contributed by atoms with Crippen LogP contribution >= 0.6 is 11.3 Å². The lowest BCUT2D eigenvalue weighted by Gasteiger charge is -2.53. The molecule has 1 spiro atoms. The van der Waals surface area contributed by atoms with Crippen molar-refractivity contribution in [1.82, 2.24) is 14.9 Å². The maximum Gasteiger partial charge on any atom is 0.0959 e. The van der Waals surface area contributed by atoms with Gasteiger partial charge < -0.3 is 9.47 Å². The second-order valence-corrected chi connectivity index (χ2v) is 7.76. The molecule has 0 aliphatic carbocycles. The number of nitrogens with zero attached hydrogens (tertiary/aromatic N) is 3. The quantitative estimate of drug-likeness (QED) is 0.834. The Kier molecular flexibility index (Phi) is 4.63. The summed E-state index contributed by atoms with van der Waals surface area (Å²) >= 11 is 1.75. The van der Waals surface area contributed by atoms with E-state index in [1.165, 1.54) is 10.4 Å². The summed E-state index contributed by atoms with van der Waals surface area (Å²) < 4.78 is 12.2. The first kappa shape index (κ1) is 16.1. The Morgan fingerprint density at radius 1 is 1.38 bits per heavy atom. The summed E-state index contributed by atoms with van der Waals surface area (Å²) in [5.74, 6) is 0. The second-order valence-electron chi connectivity index (χ2n) is 6.82. The molecule has 4 heterocycles. The van der Waals surface area contributed by atoms with Crippen molar-refractivity contribution in [3.8, 4) is 0 Å². The molecule has 0 radical (unpaired) electrons. The first-order valence-electron chi connectivity index (χ1n) is 8.48. The minimum atomic E-state index is -0.000245. The maximum atomic E-state index is 6.13. The summed E-state index contributed by atoms with van der Waals surface area (Å²) in [7, 11) is 0. The van der Waals surface area contributed by atoms with Crippen LogP contribution in [0.25, 0.3) is 0 Å². The Balaban J connectivity index is 1.27. The average Bonchev–Trinajstić information content (AvgIpc) is 2.98. The molecule has 0 N–H and O–H groups in total. The molecule has 4 rings (SSSR count). The predicted octanol–water partition coefficient (Wildman–Crippen LogP) is 2.80. The molecule has 2 aliphatic heterocycles. The molecule has 0 saturated carbocycles. The van der Waals surface area contributed by atoms with E-state index in [0.717, 1.165) is 44.8 Å². The van der Waals surface area contributed by atoms with Crippen molar-refractivity contribution in [1.29, 1.82) is 0 Å². The van der Waals surface area contributed by atoms with Crippen LogP contribution in [-0.2, 0) is 22.6 Å². The van der Waals surface area contributed by atoms with Crippen molar-refractivity contribution in [3.05, 3.63) is 46.2 Å². The van der Waals surface area contributed by atoms with Gasteiger partial charge in [0.25, 0.3) is 0 Å². The SMILES string of the molecule is Cc1ncsc1CN1CC2(C[C@H](OCc3ccncc3)CCO2)C1. The van der Waals surface area contributed by atoms with E-state index in [-0.39, 0.29) is 5.60 Å². The summed E-state index contributed by atoms with van der Waals surface area (Å²) in [5.41, 5.74) is 4.27. The summed E-state index contributed by atoms with van der Waals surface area (Å²) in [4.78, 5) is 12.2. The smallest absolute Gasteiger partial charge is 0.0959 e. The highest BCUT2D eigenvalue weighted by molar-refractivity contribution is 7.09. The molecule has 0 bridgehead atoms. The molecule has 24 heavy (non-hydrogen) atoms. The highest BCUT2D eigenvalue weighted by Gasteiger charge is 2.47. The van der Waals surface area contributed by atoms with E-state index >= 15 is 0 Å². The number of aromatic nitrogens is 2. The zero-order valence-corrected chi connectivity index (χ0v) is 14.8. The number of thiazole rings is 1. The van der Waals surface area contributed by atoms with Crippen molar-refractivity contribution in [2.24, 2.45) is 0 Å². The molecule has 2 fully saturated rings. The number of hydrogen-bond acceptors (Lipinski definition) is 6. The van der Waals surface area contributed by atoms with E-state index in [1.807, 2.05) is 30.0 Å². The molecule has 2 aromatic rings. The molecular formula is C18H23N3O2S. The molecule has 2 aromatic heterocycles. The van der Waals surface area contributed by atoms with Crippen LogP contribution in [0.3, 0.4) is 0 Å². The molecule has 6 heteroatoms. The highest BCUT2D eigenvalue weighted by atomic mass is 32.1. The van der Waals surface area contributed by atoms with Gasteiger partial charge in [-0.25, -0.2) is 4.98 Å². The Labute approximate surface area is 146 Å². The van der Waals surface area contributed by atoms with Gasteiger partial charge in [-0.1, -0.05) is 0 Å². The maximum absolute atomic E-state index is 6.13. The first-order valence-corrected chi connectivity index (χ1v) is 9.36. The van der Waals surface area contributed by atoms with Gasteiger partial charge in [-0.05, 0) is 31.0 Å². The van der Waals surface area contributed by atoms with E-state index in [9.17, 15) is 0 Å². The van der Waals surface area contributed by atoms with E-state index in [4.69, 9.17) is 9.47 Å². The highest BCUT2D eigenvalue weighted by Crippen LogP contribution is 2.36. The minimum absolute atomic E-state index is 0.000245. The lowest BCUT2D eigenvalue weighted by atomic mass is 9.84. The van der Waals surface area contributed by atoms with E-state index < -0.39 is 0 Å². The van der Waals surface area contributed by atoms with Crippen LogP contribution in [0.2, 0.25) is 0 Å². The number of likely N-dealkylation sites (tertiary alicyclic amines) is 1. The fraction of sp³-hybridized carbons (Fsp3) is 0.556. The molecule has 0 unspecified atom stereocenters. The second kappa shape index (κ2) is 6.88. The van der Waals surface area contributed by atoms with Gasteiger partial charge in [0.15, 0.2) is 0 Å². The Morgan fingerprint density at radius 2 is 2.21 bits per heavy atom. The molecule has 0 amide bonds. The molecular weight excluding hydrogens is 322 g/mol. The topological polar surface area (TPSA) is 47.5 Å². The zero-order valence-electron chi connectivity index (χ0n) is 14.0. The number of aryl methyl sites for hydroxylation is 1. The third kappa shape index (κ3) is 3.52. The van der Waals surface area contributed by atoms with Crippen molar-refractivity contribution in [3.63, 3.8) is 0 Å². The summed E-state index contributed by atoms with van der Waals surface area (Å²) in [5, 5.41) is 0. The lowest BCUT2D eigenvalue weighted by Crippen LogP contribution is -2.65. The van der Waals surface area contributed by atoms with Crippen LogP contribution < -0.4 is 0 Å². The largest absolute Gasteiger partial charge is 0.373 e. The molecule has 1 atom stereocenters. The molecule has 128 valence electrons. The van der Waals surface area contributed by atoms with Crippen LogP contribution in [0.1, 0.15) is 29.0 Å². The van der Waals surface area contributed by atoms with Crippen LogP contribution in [-0.4, -0.2) is 46.3 Å². The number of pyridine rings is 1. The van der Waals surface area contributed by atoms with Gasteiger partial charge in [-0.15, -0.1) is 11.3 Å². The fourth-order valence-electron chi connectivity index (χ4n) is 3.60. The molecule has 2 aliphatic rings. The van der Waals surface area contributed by atoms with Crippen LogP contribution in [0.15, 0.2) is 30.0 Å². The normalized spacial score (nSPS) is 23.3. The number of rotatable bonds is 5.